The predicted octanol–water partition coefficient (Wildman–Crippen LogP) is 3.58. The molecule has 1 saturated carbocycles. The van der Waals surface area contributed by atoms with Crippen molar-refractivity contribution in [2.45, 2.75) is 51.3 Å². The standard InChI is InChI=1S/C6H11Cl.C2H6/c7-6-4-2-1-3-5-6;1-2/h6H,1-5H2;1-2H3. The van der Waals surface area contributed by atoms with Gasteiger partial charge in [-0.1, -0.05) is 33.1 Å². The summed E-state index contributed by atoms with van der Waals surface area (Å²) in [6, 6.07) is 0. The first-order valence-corrected chi connectivity index (χ1v) is 4.47. The fourth-order valence-corrected chi connectivity index (χ4v) is 1.36. The van der Waals surface area contributed by atoms with E-state index in [1.54, 1.807) is 0 Å². The van der Waals surface area contributed by atoms with Crippen molar-refractivity contribution in [2.24, 2.45) is 0 Å². The number of halogens is 1. The zero-order valence-corrected chi connectivity index (χ0v) is 7.25. The molecule has 9 heavy (non-hydrogen) atoms. The van der Waals surface area contributed by atoms with Crippen molar-refractivity contribution in [1.29, 1.82) is 0 Å². The van der Waals surface area contributed by atoms with Crippen LogP contribution in [0.25, 0.3) is 0 Å². The minimum absolute atomic E-state index is 0.508. The molecule has 0 aliphatic heterocycles. The third-order valence-electron chi connectivity index (χ3n) is 1.53. The summed E-state index contributed by atoms with van der Waals surface area (Å²) in [4.78, 5) is 0. The lowest BCUT2D eigenvalue weighted by molar-refractivity contribution is 0.511. The Morgan fingerprint density at radius 1 is 1.00 bits per heavy atom. The molecule has 1 heteroatoms. The Kier molecular flexibility index (Phi) is 6.62. The van der Waals surface area contributed by atoms with Crippen molar-refractivity contribution in [3.05, 3.63) is 0 Å². The fourth-order valence-electron chi connectivity index (χ4n) is 1.05. The summed E-state index contributed by atoms with van der Waals surface area (Å²) in [5.74, 6) is 0. The summed E-state index contributed by atoms with van der Waals surface area (Å²) >= 11 is 5.82. The molecular formula is C8H17Cl. The van der Waals surface area contributed by atoms with Crippen LogP contribution in [0.2, 0.25) is 0 Å². The van der Waals surface area contributed by atoms with Crippen LogP contribution in [0.1, 0.15) is 46.0 Å². The lowest BCUT2D eigenvalue weighted by Gasteiger charge is -2.13. The molecule has 1 aliphatic rings. The Morgan fingerprint density at radius 3 is 1.67 bits per heavy atom. The minimum Gasteiger partial charge on any atom is -0.123 e. The number of alkyl halides is 1. The monoisotopic (exact) mass is 148 g/mol. The Morgan fingerprint density at radius 2 is 1.44 bits per heavy atom. The van der Waals surface area contributed by atoms with Crippen LogP contribution < -0.4 is 0 Å². The average Bonchev–Trinajstić information content (AvgIpc) is 1.94. The highest BCUT2D eigenvalue weighted by atomic mass is 35.5. The summed E-state index contributed by atoms with van der Waals surface area (Å²) in [7, 11) is 0. The first kappa shape index (κ1) is 9.29. The third kappa shape index (κ3) is 4.77. The highest BCUT2D eigenvalue weighted by Crippen LogP contribution is 2.21. The molecule has 0 aromatic heterocycles. The summed E-state index contributed by atoms with van der Waals surface area (Å²) in [6.07, 6.45) is 6.62. The molecule has 0 bridgehead atoms. The molecule has 0 radical (unpaired) electrons. The molecule has 0 aromatic carbocycles. The van der Waals surface area contributed by atoms with Crippen molar-refractivity contribution in [3.63, 3.8) is 0 Å². The molecule has 0 amide bonds. The van der Waals surface area contributed by atoms with E-state index in [0.717, 1.165) is 0 Å². The molecule has 0 spiro atoms. The van der Waals surface area contributed by atoms with Gasteiger partial charge in [0.15, 0.2) is 0 Å². The van der Waals surface area contributed by atoms with Crippen molar-refractivity contribution in [3.8, 4) is 0 Å². The Bertz CT molecular complexity index is 46.5. The van der Waals surface area contributed by atoms with Gasteiger partial charge in [0, 0.05) is 5.38 Å². The largest absolute Gasteiger partial charge is 0.123 e. The normalized spacial score (nSPS) is 20.3. The molecule has 1 aliphatic carbocycles. The summed E-state index contributed by atoms with van der Waals surface area (Å²) < 4.78 is 0. The molecule has 0 N–H and O–H groups in total. The number of rotatable bonds is 0. The predicted molar refractivity (Wildman–Crippen MR) is 44.1 cm³/mol. The van der Waals surface area contributed by atoms with Gasteiger partial charge in [0.25, 0.3) is 0 Å². The topological polar surface area (TPSA) is 0 Å². The van der Waals surface area contributed by atoms with Gasteiger partial charge in [0.05, 0.1) is 0 Å². The molecule has 0 atom stereocenters. The van der Waals surface area contributed by atoms with Crippen molar-refractivity contribution < 1.29 is 0 Å². The molecule has 0 saturated heterocycles. The van der Waals surface area contributed by atoms with Gasteiger partial charge in [0.2, 0.25) is 0 Å². The summed E-state index contributed by atoms with van der Waals surface area (Å²) in [5, 5.41) is 0.508. The molecule has 0 aromatic rings. The molecule has 1 rings (SSSR count). The van der Waals surface area contributed by atoms with Crippen LogP contribution in [-0.4, -0.2) is 5.38 Å². The Hall–Kier alpha value is 0.290. The molecular weight excluding hydrogens is 132 g/mol. The van der Waals surface area contributed by atoms with Gasteiger partial charge < -0.3 is 0 Å². The lowest BCUT2D eigenvalue weighted by Crippen LogP contribution is -2.03. The van der Waals surface area contributed by atoms with Crippen LogP contribution in [0.4, 0.5) is 0 Å². The van der Waals surface area contributed by atoms with Gasteiger partial charge >= 0.3 is 0 Å². The first-order chi connectivity index (χ1) is 4.39. The second-order valence-electron chi connectivity index (χ2n) is 2.24. The zero-order valence-electron chi connectivity index (χ0n) is 6.49. The van der Waals surface area contributed by atoms with Gasteiger partial charge in [0.1, 0.15) is 0 Å². The maximum Gasteiger partial charge on any atom is 0.0336 e. The summed E-state index contributed by atoms with van der Waals surface area (Å²) in [6.45, 7) is 4.00. The van der Waals surface area contributed by atoms with Crippen molar-refractivity contribution in [1.82, 2.24) is 0 Å². The van der Waals surface area contributed by atoms with Crippen molar-refractivity contribution in [2.75, 3.05) is 0 Å². The molecule has 0 unspecified atom stereocenters. The smallest absolute Gasteiger partial charge is 0.0336 e. The van der Waals surface area contributed by atoms with Crippen LogP contribution in [0.15, 0.2) is 0 Å². The van der Waals surface area contributed by atoms with Crippen molar-refractivity contribution >= 4 is 11.6 Å². The Labute approximate surface area is 63.6 Å². The number of hydrogen-bond acceptors (Lipinski definition) is 0. The van der Waals surface area contributed by atoms with E-state index in [1.165, 1.54) is 32.1 Å². The lowest BCUT2D eigenvalue weighted by atomic mass is 10.0. The van der Waals surface area contributed by atoms with Crippen LogP contribution >= 0.6 is 11.6 Å². The van der Waals surface area contributed by atoms with Crippen LogP contribution in [-0.2, 0) is 0 Å². The van der Waals surface area contributed by atoms with Gasteiger partial charge in [-0.3, -0.25) is 0 Å². The highest BCUT2D eigenvalue weighted by Gasteiger charge is 2.08. The van der Waals surface area contributed by atoms with E-state index >= 15 is 0 Å². The van der Waals surface area contributed by atoms with Gasteiger partial charge in [-0.25, -0.2) is 0 Å². The SMILES string of the molecule is CC.ClC1CCCCC1. The van der Waals surface area contributed by atoms with E-state index in [2.05, 4.69) is 0 Å². The second kappa shape index (κ2) is 6.41. The quantitative estimate of drug-likeness (QED) is 0.461. The van der Waals surface area contributed by atoms with E-state index in [9.17, 15) is 0 Å². The van der Waals surface area contributed by atoms with E-state index in [1.807, 2.05) is 13.8 Å². The first-order valence-electron chi connectivity index (χ1n) is 4.03. The van der Waals surface area contributed by atoms with E-state index in [-0.39, 0.29) is 0 Å². The molecule has 56 valence electrons. The van der Waals surface area contributed by atoms with Crippen LogP contribution in [0.5, 0.6) is 0 Å². The summed E-state index contributed by atoms with van der Waals surface area (Å²) in [5.41, 5.74) is 0. The van der Waals surface area contributed by atoms with Gasteiger partial charge in [-0.2, -0.15) is 0 Å². The third-order valence-corrected chi connectivity index (χ3v) is 1.97. The molecule has 1 fully saturated rings. The highest BCUT2D eigenvalue weighted by molar-refractivity contribution is 6.20. The van der Waals surface area contributed by atoms with E-state index < -0.39 is 0 Å². The number of hydrogen-bond donors (Lipinski definition) is 0. The van der Waals surface area contributed by atoms with Crippen LogP contribution in [0, 0.1) is 0 Å². The molecule has 0 heterocycles. The van der Waals surface area contributed by atoms with Gasteiger partial charge in [-0.15, -0.1) is 11.6 Å². The van der Waals surface area contributed by atoms with E-state index in [4.69, 9.17) is 11.6 Å². The van der Waals surface area contributed by atoms with Gasteiger partial charge in [-0.05, 0) is 12.8 Å². The maximum absolute atomic E-state index is 5.82. The van der Waals surface area contributed by atoms with E-state index in [0.29, 0.717) is 5.38 Å². The molecule has 0 nitrogen and oxygen atoms in total. The average molecular weight is 149 g/mol. The maximum atomic E-state index is 5.82. The minimum atomic E-state index is 0.508. The Balaban J connectivity index is 0.000000291. The van der Waals surface area contributed by atoms with Crippen LogP contribution in [0.3, 0.4) is 0 Å². The fraction of sp³-hybridized carbons (Fsp3) is 1.00. The second-order valence-corrected chi connectivity index (χ2v) is 2.85. The zero-order chi connectivity index (χ0) is 7.11.